The van der Waals surface area contributed by atoms with Gasteiger partial charge in [-0.2, -0.15) is 0 Å². The van der Waals surface area contributed by atoms with Gasteiger partial charge in [0, 0.05) is 55.5 Å². The van der Waals surface area contributed by atoms with Gasteiger partial charge in [0.2, 0.25) is 0 Å². The van der Waals surface area contributed by atoms with Gasteiger partial charge in [-0.05, 0) is 36.5 Å². The topological polar surface area (TPSA) is 47.2 Å². The summed E-state index contributed by atoms with van der Waals surface area (Å²) in [6.07, 6.45) is 6.81. The van der Waals surface area contributed by atoms with Gasteiger partial charge in [-0.1, -0.05) is 18.2 Å². The Bertz CT molecular complexity index is 1090. The first kappa shape index (κ1) is 15.4. The number of fused-ring (bicyclic) bond motifs is 2. The fourth-order valence-electron chi connectivity index (χ4n) is 4.04. The second kappa shape index (κ2) is 5.59. The van der Waals surface area contributed by atoms with Crippen molar-refractivity contribution in [2.24, 2.45) is 7.05 Å². The molecule has 0 spiro atoms. The normalized spacial score (nSPS) is 16.7. The van der Waals surface area contributed by atoms with E-state index in [9.17, 15) is 9.59 Å². The van der Waals surface area contributed by atoms with E-state index in [0.29, 0.717) is 19.1 Å². The van der Waals surface area contributed by atoms with Crippen LogP contribution in [0.2, 0.25) is 0 Å². The lowest BCUT2D eigenvalue weighted by atomic mass is 10.0. The van der Waals surface area contributed by atoms with Gasteiger partial charge in [-0.15, -0.1) is 0 Å². The molecule has 0 N–H and O–H groups in total. The van der Waals surface area contributed by atoms with Crippen LogP contribution >= 0.6 is 0 Å². The van der Waals surface area contributed by atoms with E-state index in [1.165, 1.54) is 0 Å². The number of amides is 1. The van der Waals surface area contributed by atoms with Crippen LogP contribution in [0.1, 0.15) is 40.4 Å². The SMILES string of the molecule is Cn1cc(C(=O)N2CCc3cc(=O)n(C4CC4)cc3C2)c2ccccc21. The van der Waals surface area contributed by atoms with Crippen molar-refractivity contribution in [3.63, 3.8) is 0 Å². The second-order valence-electron chi connectivity index (χ2n) is 7.45. The van der Waals surface area contributed by atoms with E-state index in [1.54, 1.807) is 6.07 Å². The number of pyridine rings is 1. The van der Waals surface area contributed by atoms with E-state index in [0.717, 1.165) is 46.9 Å². The van der Waals surface area contributed by atoms with Gasteiger partial charge in [0.05, 0.1) is 5.56 Å². The number of rotatable bonds is 2. The monoisotopic (exact) mass is 347 g/mol. The Morgan fingerprint density at radius 2 is 1.92 bits per heavy atom. The molecule has 132 valence electrons. The van der Waals surface area contributed by atoms with Crippen molar-refractivity contribution in [1.29, 1.82) is 0 Å². The minimum absolute atomic E-state index is 0.0663. The number of hydrogen-bond acceptors (Lipinski definition) is 2. The molecule has 0 saturated heterocycles. The molecule has 0 unspecified atom stereocenters. The molecule has 0 atom stereocenters. The van der Waals surface area contributed by atoms with Crippen molar-refractivity contribution < 1.29 is 4.79 Å². The Hall–Kier alpha value is -2.82. The van der Waals surface area contributed by atoms with Crippen molar-refractivity contribution in [2.75, 3.05) is 6.54 Å². The van der Waals surface area contributed by atoms with Gasteiger partial charge in [0.15, 0.2) is 0 Å². The van der Waals surface area contributed by atoms with Crippen molar-refractivity contribution in [3.05, 3.63) is 69.8 Å². The zero-order valence-corrected chi connectivity index (χ0v) is 14.8. The fraction of sp³-hybridized carbons (Fsp3) is 0.333. The molecule has 2 aromatic heterocycles. The maximum atomic E-state index is 13.2. The highest BCUT2D eigenvalue weighted by Crippen LogP contribution is 2.34. The zero-order chi connectivity index (χ0) is 17.8. The van der Waals surface area contributed by atoms with Gasteiger partial charge in [-0.25, -0.2) is 0 Å². The highest BCUT2D eigenvalue weighted by Gasteiger charge is 2.28. The van der Waals surface area contributed by atoms with Gasteiger partial charge in [0.1, 0.15) is 0 Å². The quantitative estimate of drug-likeness (QED) is 0.716. The summed E-state index contributed by atoms with van der Waals surface area (Å²) in [4.78, 5) is 27.3. The number of carbonyl (C=O) groups is 1. The molecule has 1 amide bonds. The Labute approximate surface area is 151 Å². The molecule has 1 aliphatic carbocycles. The molecule has 0 bridgehead atoms. The number of nitrogens with zero attached hydrogens (tertiary/aromatic N) is 3. The largest absolute Gasteiger partial charge is 0.350 e. The maximum Gasteiger partial charge on any atom is 0.256 e. The van der Waals surface area contributed by atoms with Crippen molar-refractivity contribution >= 4 is 16.8 Å². The van der Waals surface area contributed by atoms with E-state index in [2.05, 4.69) is 0 Å². The Kier molecular flexibility index (Phi) is 3.32. The van der Waals surface area contributed by atoms with E-state index in [4.69, 9.17) is 0 Å². The van der Waals surface area contributed by atoms with Crippen LogP contribution < -0.4 is 5.56 Å². The number of para-hydroxylation sites is 1. The van der Waals surface area contributed by atoms with Crippen LogP contribution in [0.25, 0.3) is 10.9 Å². The van der Waals surface area contributed by atoms with Gasteiger partial charge in [0.25, 0.3) is 11.5 Å². The van der Waals surface area contributed by atoms with Gasteiger partial charge in [-0.3, -0.25) is 9.59 Å². The second-order valence-corrected chi connectivity index (χ2v) is 7.45. The van der Waals surface area contributed by atoms with Crippen LogP contribution in [0.4, 0.5) is 0 Å². The minimum Gasteiger partial charge on any atom is -0.350 e. The number of carbonyl (C=O) groups excluding carboxylic acids is 1. The number of hydrogen-bond donors (Lipinski definition) is 0. The molecule has 5 nitrogen and oxygen atoms in total. The summed E-state index contributed by atoms with van der Waals surface area (Å²) < 4.78 is 3.86. The highest BCUT2D eigenvalue weighted by atomic mass is 16.2. The molecule has 26 heavy (non-hydrogen) atoms. The summed E-state index contributed by atoms with van der Waals surface area (Å²) in [5, 5.41) is 0.994. The summed E-state index contributed by atoms with van der Waals surface area (Å²) >= 11 is 0. The van der Waals surface area contributed by atoms with E-state index < -0.39 is 0 Å². The zero-order valence-electron chi connectivity index (χ0n) is 14.8. The van der Waals surface area contributed by atoms with Gasteiger partial charge < -0.3 is 14.0 Å². The van der Waals surface area contributed by atoms with Crippen molar-refractivity contribution in [2.45, 2.75) is 31.8 Å². The smallest absolute Gasteiger partial charge is 0.256 e. The first-order chi connectivity index (χ1) is 12.6. The third-order valence-corrected chi connectivity index (χ3v) is 5.63. The van der Waals surface area contributed by atoms with Crippen LogP contribution in [0, 0.1) is 0 Å². The predicted molar refractivity (Wildman–Crippen MR) is 100 cm³/mol. The lowest BCUT2D eigenvalue weighted by Crippen LogP contribution is -2.37. The third kappa shape index (κ3) is 2.38. The Morgan fingerprint density at radius 1 is 1.12 bits per heavy atom. The van der Waals surface area contributed by atoms with Gasteiger partial charge >= 0.3 is 0 Å². The summed E-state index contributed by atoms with van der Waals surface area (Å²) in [6.45, 7) is 1.23. The van der Waals surface area contributed by atoms with Crippen LogP contribution in [0.3, 0.4) is 0 Å². The average molecular weight is 347 g/mol. The highest BCUT2D eigenvalue weighted by molar-refractivity contribution is 6.07. The third-order valence-electron chi connectivity index (χ3n) is 5.63. The summed E-state index contributed by atoms with van der Waals surface area (Å²) in [6, 6.07) is 10.1. The fourth-order valence-corrected chi connectivity index (χ4v) is 4.04. The summed E-state index contributed by atoms with van der Waals surface area (Å²) in [7, 11) is 1.97. The molecule has 3 aromatic rings. The first-order valence-electron chi connectivity index (χ1n) is 9.19. The van der Waals surface area contributed by atoms with Crippen molar-refractivity contribution in [3.8, 4) is 0 Å². The van der Waals surface area contributed by atoms with E-state index in [-0.39, 0.29) is 11.5 Å². The lowest BCUT2D eigenvalue weighted by Gasteiger charge is -2.29. The van der Waals surface area contributed by atoms with Crippen LogP contribution in [0.5, 0.6) is 0 Å². The van der Waals surface area contributed by atoms with Crippen LogP contribution in [0.15, 0.2) is 47.5 Å². The maximum absolute atomic E-state index is 13.2. The average Bonchev–Trinajstić information content (AvgIpc) is 3.44. The lowest BCUT2D eigenvalue weighted by molar-refractivity contribution is 0.0736. The van der Waals surface area contributed by atoms with E-state index >= 15 is 0 Å². The summed E-state index contributed by atoms with van der Waals surface area (Å²) in [5.74, 6) is 0.0663. The molecule has 1 saturated carbocycles. The van der Waals surface area contributed by atoms with E-state index in [1.807, 2.05) is 57.7 Å². The van der Waals surface area contributed by atoms with Crippen LogP contribution in [-0.2, 0) is 20.0 Å². The van der Waals surface area contributed by atoms with Crippen LogP contribution in [-0.4, -0.2) is 26.5 Å². The molecular weight excluding hydrogens is 326 g/mol. The van der Waals surface area contributed by atoms with Crippen molar-refractivity contribution in [1.82, 2.24) is 14.0 Å². The standard InChI is InChI=1S/C21H21N3O2/c1-22-13-18(17-4-2-3-5-19(17)22)21(26)23-9-8-14-10-20(25)24(16-6-7-16)12-15(14)11-23/h2-5,10,12-13,16H,6-9,11H2,1H3. The molecule has 2 aliphatic rings. The predicted octanol–water partition coefficient (Wildman–Crippen LogP) is 2.87. The number of aryl methyl sites for hydroxylation is 1. The molecule has 1 fully saturated rings. The molecule has 5 rings (SSSR count). The molecular formula is C21H21N3O2. The molecule has 5 heteroatoms. The number of aromatic nitrogens is 2. The minimum atomic E-state index is 0.0663. The first-order valence-corrected chi connectivity index (χ1v) is 9.19. The molecule has 1 aliphatic heterocycles. The Morgan fingerprint density at radius 3 is 2.73 bits per heavy atom. The molecule has 1 aromatic carbocycles. The Balaban J connectivity index is 1.49. The molecule has 3 heterocycles. The number of benzene rings is 1. The molecule has 0 radical (unpaired) electrons. The summed E-state index contributed by atoms with van der Waals surface area (Å²) in [5.41, 5.74) is 4.11.